The third-order valence-electron chi connectivity index (χ3n) is 10.1. The van der Waals surface area contributed by atoms with E-state index in [0.29, 0.717) is 22.7 Å². The van der Waals surface area contributed by atoms with E-state index in [-0.39, 0.29) is 12.2 Å². The molecule has 0 aromatic rings. The molecule has 0 spiro atoms. The number of rotatable bonds is 2. The summed E-state index contributed by atoms with van der Waals surface area (Å²) in [4.78, 5) is 0. The van der Waals surface area contributed by atoms with Crippen LogP contribution >= 0.6 is 0 Å². The van der Waals surface area contributed by atoms with Crippen molar-refractivity contribution in [2.24, 2.45) is 46.3 Å². The highest BCUT2D eigenvalue weighted by Gasteiger charge is 2.60. The molecule has 2 heteroatoms. The molecule has 2 N–H and O–H groups in total. The van der Waals surface area contributed by atoms with Crippen LogP contribution in [0.1, 0.15) is 85.5 Å². The summed E-state index contributed by atoms with van der Waals surface area (Å²) in [7, 11) is 0. The summed E-state index contributed by atoms with van der Waals surface area (Å²) in [5.41, 5.74) is 0.937. The monoisotopic (exact) mass is 348 g/mol. The summed E-state index contributed by atoms with van der Waals surface area (Å²) < 4.78 is 0. The molecule has 4 saturated carbocycles. The van der Waals surface area contributed by atoms with Gasteiger partial charge in [-0.1, -0.05) is 20.8 Å². The molecule has 0 saturated heterocycles. The zero-order chi connectivity index (χ0) is 18.0. The molecule has 144 valence electrons. The highest BCUT2D eigenvalue weighted by Crippen LogP contribution is 2.68. The Bertz CT molecular complexity index is 502. The molecule has 4 aliphatic rings. The van der Waals surface area contributed by atoms with Gasteiger partial charge in [0.1, 0.15) is 0 Å². The predicted octanol–water partition coefficient (Wildman–Crippen LogP) is 5.02. The van der Waals surface area contributed by atoms with Gasteiger partial charge in [0.25, 0.3) is 0 Å². The van der Waals surface area contributed by atoms with E-state index in [1.54, 1.807) is 0 Å². The van der Waals surface area contributed by atoms with Crippen molar-refractivity contribution < 1.29 is 10.2 Å². The van der Waals surface area contributed by atoms with Crippen LogP contribution in [0.3, 0.4) is 0 Å². The van der Waals surface area contributed by atoms with Crippen LogP contribution in [0, 0.1) is 46.3 Å². The van der Waals surface area contributed by atoms with E-state index >= 15 is 0 Å². The van der Waals surface area contributed by atoms with E-state index in [1.807, 2.05) is 6.92 Å². The number of aliphatic hydroxyl groups is 2. The molecule has 0 heterocycles. The molecule has 4 rings (SSSR count). The second-order valence-corrected chi connectivity index (χ2v) is 10.9. The summed E-state index contributed by atoms with van der Waals surface area (Å²) in [6, 6.07) is 0. The van der Waals surface area contributed by atoms with Crippen LogP contribution in [0.4, 0.5) is 0 Å². The van der Waals surface area contributed by atoms with E-state index in [0.717, 1.165) is 36.5 Å². The molecule has 4 aliphatic carbocycles. The van der Waals surface area contributed by atoms with Gasteiger partial charge in [-0.05, 0) is 111 Å². The quantitative estimate of drug-likeness (QED) is 0.735. The number of aliphatic hydroxyl groups excluding tert-OH is 2. The van der Waals surface area contributed by atoms with Gasteiger partial charge in [0, 0.05) is 0 Å². The topological polar surface area (TPSA) is 40.5 Å². The largest absolute Gasteiger partial charge is 0.393 e. The van der Waals surface area contributed by atoms with Crippen LogP contribution in [0.25, 0.3) is 0 Å². The van der Waals surface area contributed by atoms with Crippen molar-refractivity contribution in [2.45, 2.75) is 97.7 Å². The van der Waals surface area contributed by atoms with Gasteiger partial charge in [0.2, 0.25) is 0 Å². The standard InChI is InChI=1S/C23H40O2/c1-14(15(2)24)19-7-8-20-18-6-5-16-13-17(25)9-11-22(16,3)21(18)10-12-23(19,20)4/h14-21,24-25H,5-13H2,1-4H3/t14-,15?,16-,17-,18+,19-,20+,21+,22+,23-/m1/s1. The minimum Gasteiger partial charge on any atom is -0.393 e. The third kappa shape index (κ3) is 2.64. The molecule has 25 heavy (non-hydrogen) atoms. The molecule has 0 aromatic heterocycles. The molecule has 0 bridgehead atoms. The SMILES string of the molecule is CC(O)[C@@H](C)[C@H]1CC[C@H]2[C@@H]3CC[C@@H]4C[C@H](O)CC[C@]4(C)[C@H]3CC[C@]12C. The highest BCUT2D eigenvalue weighted by molar-refractivity contribution is 5.09. The highest BCUT2D eigenvalue weighted by atomic mass is 16.3. The predicted molar refractivity (Wildman–Crippen MR) is 102 cm³/mol. The fourth-order valence-corrected chi connectivity index (χ4v) is 8.48. The first-order chi connectivity index (χ1) is 11.8. The van der Waals surface area contributed by atoms with Crippen LogP contribution in [0.5, 0.6) is 0 Å². The Kier molecular flexibility index (Phi) is 4.56. The lowest BCUT2D eigenvalue weighted by Gasteiger charge is -2.61. The number of hydrogen-bond donors (Lipinski definition) is 2. The maximum absolute atomic E-state index is 10.2. The van der Waals surface area contributed by atoms with Crippen LogP contribution < -0.4 is 0 Å². The fraction of sp³-hybridized carbons (Fsp3) is 1.00. The van der Waals surface area contributed by atoms with E-state index in [1.165, 1.54) is 44.9 Å². The van der Waals surface area contributed by atoms with Gasteiger partial charge in [-0.25, -0.2) is 0 Å². The Hall–Kier alpha value is -0.0800. The first-order valence-electron chi connectivity index (χ1n) is 11.1. The Morgan fingerprint density at radius 1 is 0.840 bits per heavy atom. The average Bonchev–Trinajstić information content (AvgIpc) is 2.92. The smallest absolute Gasteiger partial charge is 0.0543 e. The summed E-state index contributed by atoms with van der Waals surface area (Å²) in [6.07, 6.45) is 11.3. The van der Waals surface area contributed by atoms with E-state index in [4.69, 9.17) is 0 Å². The van der Waals surface area contributed by atoms with Gasteiger partial charge in [-0.2, -0.15) is 0 Å². The summed E-state index contributed by atoms with van der Waals surface area (Å²) in [5, 5.41) is 20.4. The Balaban J connectivity index is 1.58. The Labute approximate surface area is 154 Å². The Morgan fingerprint density at radius 3 is 2.24 bits per heavy atom. The van der Waals surface area contributed by atoms with E-state index < -0.39 is 0 Å². The fourth-order valence-electron chi connectivity index (χ4n) is 8.48. The molecule has 0 amide bonds. The molecule has 4 fully saturated rings. The first kappa shape index (κ1) is 18.3. The Morgan fingerprint density at radius 2 is 1.52 bits per heavy atom. The molecule has 2 nitrogen and oxygen atoms in total. The molecule has 1 unspecified atom stereocenters. The molecule has 0 aromatic carbocycles. The minimum atomic E-state index is -0.175. The molecule has 10 atom stereocenters. The van der Waals surface area contributed by atoms with Gasteiger partial charge < -0.3 is 10.2 Å². The zero-order valence-electron chi connectivity index (χ0n) is 16.9. The average molecular weight is 349 g/mol. The van der Waals surface area contributed by atoms with Gasteiger partial charge in [-0.15, -0.1) is 0 Å². The molecular weight excluding hydrogens is 308 g/mol. The van der Waals surface area contributed by atoms with Crippen molar-refractivity contribution in [3.63, 3.8) is 0 Å². The van der Waals surface area contributed by atoms with Gasteiger partial charge in [0.15, 0.2) is 0 Å². The van der Waals surface area contributed by atoms with Gasteiger partial charge >= 0.3 is 0 Å². The van der Waals surface area contributed by atoms with Gasteiger partial charge in [0.05, 0.1) is 12.2 Å². The van der Waals surface area contributed by atoms with E-state index in [2.05, 4.69) is 20.8 Å². The lowest BCUT2D eigenvalue weighted by Crippen LogP contribution is -2.54. The number of fused-ring (bicyclic) bond motifs is 5. The summed E-state index contributed by atoms with van der Waals surface area (Å²) >= 11 is 0. The summed E-state index contributed by atoms with van der Waals surface area (Å²) in [6.45, 7) is 9.43. The van der Waals surface area contributed by atoms with Crippen molar-refractivity contribution in [1.82, 2.24) is 0 Å². The minimum absolute atomic E-state index is 0.0359. The second kappa shape index (κ2) is 6.23. The van der Waals surface area contributed by atoms with Crippen molar-refractivity contribution in [3.05, 3.63) is 0 Å². The second-order valence-electron chi connectivity index (χ2n) is 10.9. The molecule has 0 aliphatic heterocycles. The van der Waals surface area contributed by atoms with Crippen molar-refractivity contribution in [1.29, 1.82) is 0 Å². The lowest BCUT2D eigenvalue weighted by molar-refractivity contribution is -0.131. The van der Waals surface area contributed by atoms with Crippen LogP contribution in [-0.4, -0.2) is 22.4 Å². The first-order valence-corrected chi connectivity index (χ1v) is 11.1. The van der Waals surface area contributed by atoms with Crippen LogP contribution in [0.2, 0.25) is 0 Å². The third-order valence-corrected chi connectivity index (χ3v) is 10.1. The molecule has 0 radical (unpaired) electrons. The van der Waals surface area contributed by atoms with Gasteiger partial charge in [-0.3, -0.25) is 0 Å². The van der Waals surface area contributed by atoms with E-state index in [9.17, 15) is 10.2 Å². The molecular formula is C23H40O2. The van der Waals surface area contributed by atoms with Crippen molar-refractivity contribution in [2.75, 3.05) is 0 Å². The zero-order valence-corrected chi connectivity index (χ0v) is 16.9. The lowest BCUT2D eigenvalue weighted by atomic mass is 9.44. The normalized spacial score (nSPS) is 55.0. The van der Waals surface area contributed by atoms with Crippen molar-refractivity contribution >= 4 is 0 Å². The summed E-state index contributed by atoms with van der Waals surface area (Å²) in [5.74, 6) is 4.57. The maximum atomic E-state index is 10.2. The van der Waals surface area contributed by atoms with Crippen molar-refractivity contribution in [3.8, 4) is 0 Å². The van der Waals surface area contributed by atoms with Crippen LogP contribution in [0.15, 0.2) is 0 Å². The maximum Gasteiger partial charge on any atom is 0.0543 e. The number of hydrogen-bond acceptors (Lipinski definition) is 2. The van der Waals surface area contributed by atoms with Crippen LogP contribution in [-0.2, 0) is 0 Å².